The van der Waals surface area contributed by atoms with Crippen LogP contribution in [-0.4, -0.2) is 21.0 Å². The first-order valence-electron chi connectivity index (χ1n) is 6.20. The second-order valence-corrected chi connectivity index (χ2v) is 5.59. The minimum Gasteiger partial charge on any atom is -0.478 e. The summed E-state index contributed by atoms with van der Waals surface area (Å²) in [5.74, 6) is -1.74. The van der Waals surface area contributed by atoms with Crippen LogP contribution in [0, 0.1) is 12.7 Å². The fourth-order valence-electron chi connectivity index (χ4n) is 2.03. The summed E-state index contributed by atoms with van der Waals surface area (Å²) in [4.78, 5) is 18.6. The molecular formula is C15H11FN2O2S. The molecule has 0 aliphatic rings. The highest BCUT2D eigenvalue weighted by Crippen LogP contribution is 2.32. The molecule has 4 nitrogen and oxygen atoms in total. The molecule has 1 heterocycles. The third-order valence-corrected chi connectivity index (χ3v) is 4.02. The number of benzene rings is 2. The quantitative estimate of drug-likeness (QED) is 0.771. The number of carbonyl (C=O) groups is 1. The number of H-pyrrole nitrogens is 1. The molecular weight excluding hydrogens is 291 g/mol. The van der Waals surface area contributed by atoms with Gasteiger partial charge in [-0.25, -0.2) is 14.2 Å². The van der Waals surface area contributed by atoms with E-state index in [2.05, 4.69) is 9.97 Å². The maximum Gasteiger partial charge on any atom is 0.336 e. The fraction of sp³-hybridized carbons (Fsp3) is 0.0667. The molecule has 0 atom stereocenters. The van der Waals surface area contributed by atoms with E-state index in [1.165, 1.54) is 18.2 Å². The number of aromatic carboxylic acids is 1. The molecule has 3 aromatic rings. The maximum absolute atomic E-state index is 13.9. The second-order valence-electron chi connectivity index (χ2n) is 4.59. The number of rotatable bonds is 3. The number of hydrogen-bond acceptors (Lipinski definition) is 3. The fourth-order valence-corrected chi connectivity index (χ4v) is 2.96. The van der Waals surface area contributed by atoms with E-state index in [0.717, 1.165) is 28.4 Å². The first-order chi connectivity index (χ1) is 10.0. The minimum atomic E-state index is -1.16. The molecule has 106 valence electrons. The Kier molecular flexibility index (Phi) is 3.39. The third kappa shape index (κ3) is 2.62. The number of nitrogens with zero attached hydrogens (tertiary/aromatic N) is 1. The Morgan fingerprint density at radius 2 is 2.14 bits per heavy atom. The van der Waals surface area contributed by atoms with E-state index in [1.54, 1.807) is 0 Å². The van der Waals surface area contributed by atoms with Crippen molar-refractivity contribution in [3.05, 3.63) is 53.3 Å². The lowest BCUT2D eigenvalue weighted by molar-refractivity contribution is 0.0692. The van der Waals surface area contributed by atoms with Crippen LogP contribution in [0.2, 0.25) is 0 Å². The monoisotopic (exact) mass is 302 g/mol. The Hall–Kier alpha value is -2.34. The van der Waals surface area contributed by atoms with Crippen molar-refractivity contribution in [2.24, 2.45) is 0 Å². The van der Waals surface area contributed by atoms with E-state index >= 15 is 0 Å². The number of nitrogens with one attached hydrogen (secondary N) is 1. The molecule has 2 aromatic carbocycles. The van der Waals surface area contributed by atoms with Gasteiger partial charge < -0.3 is 10.1 Å². The van der Waals surface area contributed by atoms with Gasteiger partial charge in [-0.1, -0.05) is 12.1 Å². The molecule has 0 aliphatic carbocycles. The van der Waals surface area contributed by atoms with E-state index < -0.39 is 11.8 Å². The number of aryl methyl sites for hydroxylation is 1. The molecule has 0 spiro atoms. The summed E-state index contributed by atoms with van der Waals surface area (Å²) in [6.45, 7) is 1.96. The lowest BCUT2D eigenvalue weighted by Gasteiger charge is -2.04. The van der Waals surface area contributed by atoms with Gasteiger partial charge >= 0.3 is 5.97 Å². The predicted octanol–water partition coefficient (Wildman–Crippen LogP) is 3.86. The Morgan fingerprint density at radius 1 is 1.33 bits per heavy atom. The number of hydrogen-bond donors (Lipinski definition) is 2. The number of carboxylic acids is 1. The van der Waals surface area contributed by atoms with Gasteiger partial charge in [-0.3, -0.25) is 0 Å². The van der Waals surface area contributed by atoms with Crippen LogP contribution < -0.4 is 0 Å². The van der Waals surface area contributed by atoms with Gasteiger partial charge in [-0.2, -0.15) is 0 Å². The zero-order valence-electron chi connectivity index (χ0n) is 11.1. The highest BCUT2D eigenvalue weighted by molar-refractivity contribution is 7.99. The summed E-state index contributed by atoms with van der Waals surface area (Å²) >= 11 is 0.978. The molecule has 0 unspecified atom stereocenters. The molecule has 0 saturated carbocycles. The minimum absolute atomic E-state index is 0.0563. The topological polar surface area (TPSA) is 66.0 Å². The predicted molar refractivity (Wildman–Crippen MR) is 78.3 cm³/mol. The number of fused-ring (bicyclic) bond motifs is 1. The SMILES string of the molecule is Cc1ccc2nc(Sc3c(F)cccc3C(=O)O)[nH]c2c1. The van der Waals surface area contributed by atoms with Crippen LogP contribution in [0.5, 0.6) is 0 Å². The van der Waals surface area contributed by atoms with E-state index in [1.807, 2.05) is 25.1 Å². The van der Waals surface area contributed by atoms with Gasteiger partial charge in [-0.15, -0.1) is 0 Å². The molecule has 0 fully saturated rings. The van der Waals surface area contributed by atoms with Gasteiger partial charge in [0.15, 0.2) is 5.16 Å². The molecule has 1 aromatic heterocycles. The van der Waals surface area contributed by atoms with E-state index in [0.29, 0.717) is 5.16 Å². The van der Waals surface area contributed by atoms with Gasteiger partial charge in [0.1, 0.15) is 5.82 Å². The summed E-state index contributed by atoms with van der Waals surface area (Å²) in [6, 6.07) is 9.73. The van der Waals surface area contributed by atoms with Crippen molar-refractivity contribution in [1.29, 1.82) is 0 Å². The summed E-state index contributed by atoms with van der Waals surface area (Å²) in [6.07, 6.45) is 0. The Bertz CT molecular complexity index is 845. The molecule has 0 aliphatic heterocycles. The van der Waals surface area contributed by atoms with Gasteiger partial charge in [-0.05, 0) is 48.5 Å². The second kappa shape index (κ2) is 5.21. The smallest absolute Gasteiger partial charge is 0.336 e. The lowest BCUT2D eigenvalue weighted by Crippen LogP contribution is -2.00. The Labute approximate surface area is 124 Å². The van der Waals surface area contributed by atoms with Crippen LogP contribution in [0.15, 0.2) is 46.5 Å². The number of halogens is 1. The van der Waals surface area contributed by atoms with Crippen LogP contribution in [0.4, 0.5) is 4.39 Å². The normalized spacial score (nSPS) is 11.0. The van der Waals surface area contributed by atoms with Crippen LogP contribution in [0.1, 0.15) is 15.9 Å². The van der Waals surface area contributed by atoms with E-state index in [4.69, 9.17) is 5.11 Å². The van der Waals surface area contributed by atoms with Crippen molar-refractivity contribution in [2.75, 3.05) is 0 Å². The zero-order chi connectivity index (χ0) is 15.0. The summed E-state index contributed by atoms with van der Waals surface area (Å²) in [7, 11) is 0. The van der Waals surface area contributed by atoms with Crippen LogP contribution in [0.3, 0.4) is 0 Å². The highest BCUT2D eigenvalue weighted by Gasteiger charge is 2.17. The molecule has 6 heteroatoms. The van der Waals surface area contributed by atoms with Crippen molar-refractivity contribution in [1.82, 2.24) is 9.97 Å². The van der Waals surface area contributed by atoms with Crippen LogP contribution in [0.25, 0.3) is 11.0 Å². The van der Waals surface area contributed by atoms with Gasteiger partial charge in [0, 0.05) is 0 Å². The van der Waals surface area contributed by atoms with E-state index in [-0.39, 0.29) is 10.5 Å². The van der Waals surface area contributed by atoms with Crippen molar-refractivity contribution in [3.63, 3.8) is 0 Å². The van der Waals surface area contributed by atoms with Crippen molar-refractivity contribution < 1.29 is 14.3 Å². The van der Waals surface area contributed by atoms with Crippen LogP contribution in [-0.2, 0) is 0 Å². The van der Waals surface area contributed by atoms with Crippen molar-refractivity contribution in [3.8, 4) is 0 Å². The molecule has 0 saturated heterocycles. The number of carboxylic acid groups (broad SMARTS) is 1. The largest absolute Gasteiger partial charge is 0.478 e. The summed E-state index contributed by atoms with van der Waals surface area (Å²) in [5, 5.41) is 9.59. The number of aromatic amines is 1. The average Bonchev–Trinajstić information content (AvgIpc) is 2.82. The van der Waals surface area contributed by atoms with Crippen molar-refractivity contribution in [2.45, 2.75) is 17.0 Å². The molecule has 0 radical (unpaired) electrons. The molecule has 0 amide bonds. The third-order valence-electron chi connectivity index (χ3n) is 3.01. The van der Waals surface area contributed by atoms with Crippen LogP contribution >= 0.6 is 11.8 Å². The van der Waals surface area contributed by atoms with E-state index in [9.17, 15) is 9.18 Å². The average molecular weight is 302 g/mol. The number of aromatic nitrogens is 2. The van der Waals surface area contributed by atoms with Crippen molar-refractivity contribution >= 4 is 28.8 Å². The lowest BCUT2D eigenvalue weighted by atomic mass is 10.2. The van der Waals surface area contributed by atoms with Gasteiger partial charge in [0.2, 0.25) is 0 Å². The molecule has 2 N–H and O–H groups in total. The molecule has 0 bridgehead atoms. The first-order valence-corrected chi connectivity index (χ1v) is 7.02. The number of imidazole rings is 1. The first kappa shape index (κ1) is 13.6. The molecule has 3 rings (SSSR count). The summed E-state index contributed by atoms with van der Waals surface area (Å²) < 4.78 is 13.9. The molecule has 21 heavy (non-hydrogen) atoms. The standard InChI is InChI=1S/C15H11FN2O2S/c1-8-5-6-11-12(7-8)18-15(17-11)21-13-9(14(19)20)3-2-4-10(13)16/h2-7H,1H3,(H,17,18)(H,19,20). The zero-order valence-corrected chi connectivity index (χ0v) is 11.9. The van der Waals surface area contributed by atoms with Gasteiger partial charge in [0.05, 0.1) is 21.5 Å². The Morgan fingerprint density at radius 3 is 2.90 bits per heavy atom. The Balaban J connectivity index is 2.04. The highest BCUT2D eigenvalue weighted by atomic mass is 32.2. The maximum atomic E-state index is 13.9. The van der Waals surface area contributed by atoms with Gasteiger partial charge in [0.25, 0.3) is 0 Å². The summed E-state index contributed by atoms with van der Waals surface area (Å²) in [5.41, 5.74) is 2.61.